The van der Waals surface area contributed by atoms with Crippen LogP contribution in [0.15, 0.2) is 29.4 Å². The molecule has 0 amide bonds. The van der Waals surface area contributed by atoms with E-state index in [4.69, 9.17) is 11.5 Å². The molecule has 6 N–H and O–H groups in total. The van der Waals surface area contributed by atoms with E-state index in [1.165, 1.54) is 6.92 Å². The summed E-state index contributed by atoms with van der Waals surface area (Å²) in [6.45, 7) is 1.70. The highest BCUT2D eigenvalue weighted by atomic mass is 16.2. The van der Waals surface area contributed by atoms with Crippen molar-refractivity contribution in [1.29, 1.82) is 0 Å². The Bertz CT molecular complexity index is 438. The molecule has 0 saturated heterocycles. The summed E-state index contributed by atoms with van der Waals surface area (Å²) in [4.78, 5) is 27.0. The van der Waals surface area contributed by atoms with Crippen molar-refractivity contribution >= 4 is 17.5 Å². The van der Waals surface area contributed by atoms with Gasteiger partial charge < -0.3 is 16.8 Å². The summed E-state index contributed by atoms with van der Waals surface area (Å²) in [5.41, 5.74) is 10.5. The minimum absolute atomic E-state index is 0.0226. The van der Waals surface area contributed by atoms with Crippen molar-refractivity contribution in [3.05, 3.63) is 24.4 Å². The van der Waals surface area contributed by atoms with E-state index in [1.807, 2.05) is 18.2 Å². The molecule has 1 rings (SSSR count). The average Bonchev–Trinajstić information content (AvgIpc) is 2.42. The second-order valence-electron chi connectivity index (χ2n) is 4.48. The number of ketones is 2. The second kappa shape index (κ2) is 8.11. The summed E-state index contributed by atoms with van der Waals surface area (Å²) in [5, 5.41) is 6.14. The molecule has 0 aliphatic carbocycles. The molecule has 0 bridgehead atoms. The van der Waals surface area contributed by atoms with Crippen LogP contribution in [0.1, 0.15) is 19.8 Å². The number of aliphatic imine (C=N–C) groups is 1. The highest BCUT2D eigenvalue weighted by Gasteiger charge is 2.23. The van der Waals surface area contributed by atoms with Gasteiger partial charge in [-0.05, 0) is 31.2 Å². The van der Waals surface area contributed by atoms with Gasteiger partial charge in [0, 0.05) is 13.5 Å². The zero-order valence-corrected chi connectivity index (χ0v) is 11.5. The zero-order valence-electron chi connectivity index (χ0n) is 11.5. The molecule has 0 aromatic carbocycles. The lowest BCUT2D eigenvalue weighted by Gasteiger charge is -2.23. The first-order chi connectivity index (χ1) is 9.50. The largest absolute Gasteiger partial charge is 0.372 e. The van der Waals surface area contributed by atoms with E-state index < -0.39 is 17.6 Å². The molecule has 1 unspecified atom stereocenters. The van der Waals surface area contributed by atoms with Crippen LogP contribution in [0.5, 0.6) is 0 Å². The van der Waals surface area contributed by atoms with Crippen LogP contribution in [-0.2, 0) is 9.59 Å². The maximum Gasteiger partial charge on any atom is 0.214 e. The molecular weight excluding hydrogens is 258 g/mol. The Hall–Kier alpha value is -2.15. The van der Waals surface area contributed by atoms with Crippen molar-refractivity contribution < 1.29 is 9.59 Å². The maximum absolute atomic E-state index is 11.9. The van der Waals surface area contributed by atoms with Crippen molar-refractivity contribution in [3.8, 4) is 0 Å². The zero-order chi connectivity index (χ0) is 15.0. The number of nitrogens with two attached hydrogens (primary N) is 2. The molecule has 0 saturated carbocycles. The van der Waals surface area contributed by atoms with Gasteiger partial charge in [0.05, 0.1) is 12.2 Å². The number of hydrogen-bond donors (Lipinski definition) is 4. The summed E-state index contributed by atoms with van der Waals surface area (Å²) in [5.74, 6) is -0.867. The van der Waals surface area contributed by atoms with Gasteiger partial charge >= 0.3 is 0 Å². The first kappa shape index (κ1) is 15.9. The van der Waals surface area contributed by atoms with Gasteiger partial charge in [-0.15, -0.1) is 0 Å². The van der Waals surface area contributed by atoms with Gasteiger partial charge in [0.25, 0.3) is 0 Å². The van der Waals surface area contributed by atoms with E-state index in [0.717, 1.165) is 0 Å². The Labute approximate surface area is 118 Å². The van der Waals surface area contributed by atoms with Crippen molar-refractivity contribution in [2.75, 3.05) is 6.54 Å². The van der Waals surface area contributed by atoms with Crippen LogP contribution >= 0.6 is 0 Å². The van der Waals surface area contributed by atoms with Crippen molar-refractivity contribution in [1.82, 2.24) is 10.6 Å². The number of Topliss-reactive ketones (excluding diaryl/α,β-unsaturated/α-hetero) is 2. The monoisotopic (exact) mass is 279 g/mol. The molecule has 1 aliphatic rings. The van der Waals surface area contributed by atoms with Gasteiger partial charge in [-0.3, -0.25) is 19.9 Å². The van der Waals surface area contributed by atoms with Crippen LogP contribution in [0.3, 0.4) is 0 Å². The molecule has 0 aromatic rings. The third-order valence-electron chi connectivity index (χ3n) is 2.78. The quantitative estimate of drug-likeness (QED) is 0.199. The number of nitrogens with zero attached hydrogens (tertiary/aromatic N) is 1. The lowest BCUT2D eigenvalue weighted by molar-refractivity contribution is -0.136. The fourth-order valence-electron chi connectivity index (χ4n) is 1.81. The van der Waals surface area contributed by atoms with Crippen molar-refractivity contribution in [2.24, 2.45) is 16.5 Å². The van der Waals surface area contributed by atoms with Gasteiger partial charge in [-0.1, -0.05) is 6.08 Å². The molecule has 0 spiro atoms. The first-order valence-electron chi connectivity index (χ1n) is 6.46. The highest BCUT2D eigenvalue weighted by Crippen LogP contribution is 2.03. The smallest absolute Gasteiger partial charge is 0.214 e. The fraction of sp³-hybridized carbons (Fsp3) is 0.462. The van der Waals surface area contributed by atoms with Crippen LogP contribution in [-0.4, -0.2) is 36.3 Å². The predicted octanol–water partition coefficient (Wildman–Crippen LogP) is -0.844. The van der Waals surface area contributed by atoms with Gasteiger partial charge in [-0.25, -0.2) is 0 Å². The lowest BCUT2D eigenvalue weighted by atomic mass is 10.0. The number of guanidine groups is 1. The third kappa shape index (κ3) is 5.66. The van der Waals surface area contributed by atoms with Gasteiger partial charge in [0.2, 0.25) is 5.78 Å². The summed E-state index contributed by atoms with van der Waals surface area (Å²) >= 11 is 0. The van der Waals surface area contributed by atoms with E-state index >= 15 is 0 Å². The Balaban J connectivity index is 2.53. The van der Waals surface area contributed by atoms with Crippen LogP contribution in [0.4, 0.5) is 0 Å². The number of nitrogens with one attached hydrogen (secondary N) is 2. The normalized spacial score (nSPS) is 18.1. The van der Waals surface area contributed by atoms with E-state index in [9.17, 15) is 9.59 Å². The molecule has 1 heterocycles. The number of hydrogen-bond acceptors (Lipinski definition) is 5. The summed E-state index contributed by atoms with van der Waals surface area (Å²) < 4.78 is 0. The van der Waals surface area contributed by atoms with Crippen LogP contribution in [0.25, 0.3) is 0 Å². The highest BCUT2D eigenvalue weighted by molar-refractivity contribution is 6.38. The van der Waals surface area contributed by atoms with Gasteiger partial charge in [0.1, 0.15) is 0 Å². The molecule has 7 heteroatoms. The number of rotatable bonds is 8. The number of carbonyl (C=O) groups is 2. The standard InChI is InChI=1S/C13H21N5O2/c1-9(19)12(20)10(5-4-8-17-13(14)15)18-11-6-2-3-7-16-11/h2-3,6-7,10-11,16,18H,4-5,8H2,1H3,(H4,14,15,17)/t10-,11?/m0/s1. The Kier molecular flexibility index (Phi) is 6.45. The predicted molar refractivity (Wildman–Crippen MR) is 77.7 cm³/mol. The third-order valence-corrected chi connectivity index (χ3v) is 2.78. The Morgan fingerprint density at radius 2 is 2.15 bits per heavy atom. The Morgan fingerprint density at radius 3 is 2.70 bits per heavy atom. The molecule has 0 aromatic heterocycles. The molecule has 110 valence electrons. The fourth-order valence-corrected chi connectivity index (χ4v) is 1.81. The molecule has 2 atom stereocenters. The summed E-state index contributed by atoms with van der Waals surface area (Å²) in [6.07, 6.45) is 8.28. The van der Waals surface area contributed by atoms with Gasteiger partial charge in [0.15, 0.2) is 11.7 Å². The molecule has 1 aliphatic heterocycles. The molecule has 0 radical (unpaired) electrons. The molecule has 20 heavy (non-hydrogen) atoms. The molecule has 7 nitrogen and oxygen atoms in total. The lowest BCUT2D eigenvalue weighted by Crippen LogP contribution is -2.49. The first-order valence-corrected chi connectivity index (χ1v) is 6.46. The average molecular weight is 279 g/mol. The van der Waals surface area contributed by atoms with E-state index in [2.05, 4.69) is 15.6 Å². The minimum Gasteiger partial charge on any atom is -0.372 e. The topological polar surface area (TPSA) is 123 Å². The molecular formula is C13H21N5O2. The Morgan fingerprint density at radius 1 is 1.40 bits per heavy atom. The summed E-state index contributed by atoms with van der Waals surface area (Å²) in [7, 11) is 0. The maximum atomic E-state index is 11.9. The van der Waals surface area contributed by atoms with Crippen LogP contribution in [0, 0.1) is 0 Å². The summed E-state index contributed by atoms with van der Waals surface area (Å²) in [6, 6.07) is -0.546. The van der Waals surface area contributed by atoms with E-state index in [0.29, 0.717) is 19.4 Å². The number of allylic oxidation sites excluding steroid dienone is 2. The van der Waals surface area contributed by atoms with E-state index in [-0.39, 0.29) is 12.1 Å². The van der Waals surface area contributed by atoms with Gasteiger partial charge in [-0.2, -0.15) is 0 Å². The van der Waals surface area contributed by atoms with Crippen LogP contribution < -0.4 is 22.1 Å². The number of carbonyl (C=O) groups excluding carboxylic acids is 2. The van der Waals surface area contributed by atoms with Crippen LogP contribution in [0.2, 0.25) is 0 Å². The van der Waals surface area contributed by atoms with Crippen molar-refractivity contribution in [2.45, 2.75) is 32.0 Å². The SMILES string of the molecule is CC(=O)C(=O)[C@H](CCCN=C(N)N)NC1C=CC=CN1. The second-order valence-corrected chi connectivity index (χ2v) is 4.48. The molecule has 0 fully saturated rings. The number of dihydropyridines is 1. The van der Waals surface area contributed by atoms with E-state index in [1.54, 1.807) is 6.20 Å². The van der Waals surface area contributed by atoms with Crippen molar-refractivity contribution in [3.63, 3.8) is 0 Å². The minimum atomic E-state index is -0.546.